The highest BCUT2D eigenvalue weighted by Gasteiger charge is 2.19. The summed E-state index contributed by atoms with van der Waals surface area (Å²) in [4.78, 5) is 36.4. The number of carbonyl (C=O) groups is 3. The van der Waals surface area contributed by atoms with E-state index in [4.69, 9.17) is 8.94 Å². The molecule has 3 aromatic rings. The lowest BCUT2D eigenvalue weighted by Gasteiger charge is -2.11. The first-order chi connectivity index (χ1) is 13.8. The van der Waals surface area contributed by atoms with Crippen LogP contribution in [0.5, 0.6) is 0 Å². The van der Waals surface area contributed by atoms with E-state index in [1.807, 2.05) is 18.2 Å². The molecule has 9 nitrogen and oxygen atoms in total. The van der Waals surface area contributed by atoms with E-state index < -0.39 is 17.1 Å². The first-order valence-corrected chi connectivity index (χ1v) is 9.83. The lowest BCUT2D eigenvalue weighted by atomic mass is 10.1. The smallest absolute Gasteiger partial charge is 0.305 e. The molecule has 3 rings (SSSR count). The summed E-state index contributed by atoms with van der Waals surface area (Å²) in [6.45, 7) is 5.15. The van der Waals surface area contributed by atoms with E-state index in [2.05, 4.69) is 21.3 Å². The minimum Gasteiger partial charge on any atom is -0.451 e. The average Bonchev–Trinajstić information content (AvgIpc) is 3.27. The van der Waals surface area contributed by atoms with E-state index in [0.717, 1.165) is 17.1 Å². The first-order valence-electron chi connectivity index (χ1n) is 8.78. The van der Waals surface area contributed by atoms with Gasteiger partial charge in [0.25, 0.3) is 0 Å². The number of anilines is 1. The molecule has 0 aliphatic heterocycles. The number of fused-ring (bicyclic) bond motifs is 1. The number of para-hydroxylation sites is 1. The summed E-state index contributed by atoms with van der Waals surface area (Å²) >= 11 is 1.12. The Morgan fingerprint density at radius 3 is 2.62 bits per heavy atom. The zero-order valence-electron chi connectivity index (χ0n) is 16.1. The number of nitrogens with zero attached hydrogens (tertiary/aromatic N) is 1. The van der Waals surface area contributed by atoms with Crippen molar-refractivity contribution in [1.82, 2.24) is 16.0 Å². The lowest BCUT2D eigenvalue weighted by Crippen LogP contribution is -2.43. The van der Waals surface area contributed by atoms with E-state index in [1.54, 1.807) is 32.9 Å². The Morgan fingerprint density at radius 1 is 1.17 bits per heavy atom. The van der Waals surface area contributed by atoms with Crippen LogP contribution < -0.4 is 16.2 Å². The fourth-order valence-electron chi connectivity index (χ4n) is 2.54. The molecule has 0 fully saturated rings. The van der Waals surface area contributed by atoms with Gasteiger partial charge in [-0.05, 0) is 26.8 Å². The van der Waals surface area contributed by atoms with Crippen LogP contribution >= 0.6 is 11.8 Å². The molecule has 3 N–H and O–H groups in total. The van der Waals surface area contributed by atoms with Gasteiger partial charge in [0.2, 0.25) is 11.8 Å². The highest BCUT2D eigenvalue weighted by Crippen LogP contribution is 2.24. The second-order valence-electron chi connectivity index (χ2n) is 6.32. The number of aromatic nitrogens is 1. The zero-order valence-corrected chi connectivity index (χ0v) is 16.9. The van der Waals surface area contributed by atoms with Crippen LogP contribution in [0.25, 0.3) is 11.0 Å². The van der Waals surface area contributed by atoms with Gasteiger partial charge in [-0.1, -0.05) is 23.4 Å². The third-order valence-electron chi connectivity index (χ3n) is 4.08. The maximum Gasteiger partial charge on any atom is 0.305 e. The Bertz CT molecular complexity index is 1060. The Hall–Kier alpha value is -3.27. The number of nitrogens with one attached hydrogen (secondary N) is 3. The molecule has 0 aliphatic rings. The molecule has 0 unspecified atom stereocenters. The maximum absolute atomic E-state index is 12.3. The van der Waals surface area contributed by atoms with E-state index >= 15 is 0 Å². The van der Waals surface area contributed by atoms with Gasteiger partial charge in [0.05, 0.1) is 11.0 Å². The van der Waals surface area contributed by atoms with Gasteiger partial charge in [-0.3, -0.25) is 25.2 Å². The molecule has 0 spiro atoms. The topological polar surface area (TPSA) is 126 Å². The van der Waals surface area contributed by atoms with Gasteiger partial charge in [0.1, 0.15) is 11.3 Å². The number of hydrogen-bond donors (Lipinski definition) is 3. The van der Waals surface area contributed by atoms with Crippen molar-refractivity contribution in [2.45, 2.75) is 26.0 Å². The van der Waals surface area contributed by atoms with Gasteiger partial charge in [0, 0.05) is 17.0 Å². The van der Waals surface area contributed by atoms with E-state index in [-0.39, 0.29) is 17.4 Å². The fraction of sp³-hybridized carbons (Fsp3) is 0.263. The Balaban J connectivity index is 1.46. The first kappa shape index (κ1) is 20.5. The van der Waals surface area contributed by atoms with Gasteiger partial charge < -0.3 is 14.3 Å². The standard InChI is InChI=1S/C19H20N4O5S/c1-10-8-15(23-28-10)20-18(25)12(3)29-9-16(24)21-22-19(26)17-11(2)13-6-4-5-7-14(13)27-17/h4-8,12H,9H2,1-3H3,(H,21,24)(H,22,26)(H,20,23,25)/t12-/m0/s1. The van der Waals surface area contributed by atoms with Crippen LogP contribution in [0, 0.1) is 13.8 Å². The van der Waals surface area contributed by atoms with E-state index in [0.29, 0.717) is 22.7 Å². The SMILES string of the molecule is Cc1cc(NC(=O)[C@H](C)SCC(=O)NNC(=O)c2oc3ccccc3c2C)no1. The van der Waals surface area contributed by atoms with Gasteiger partial charge in [-0.15, -0.1) is 11.8 Å². The van der Waals surface area contributed by atoms with Crippen molar-refractivity contribution in [3.63, 3.8) is 0 Å². The highest BCUT2D eigenvalue weighted by molar-refractivity contribution is 8.01. The lowest BCUT2D eigenvalue weighted by molar-refractivity contribution is -0.119. The summed E-state index contributed by atoms with van der Waals surface area (Å²) in [6, 6.07) is 8.88. The summed E-state index contributed by atoms with van der Waals surface area (Å²) in [5.74, 6) is -0.300. The molecule has 10 heteroatoms. The number of furan rings is 1. The van der Waals surface area contributed by atoms with Crippen molar-refractivity contribution in [1.29, 1.82) is 0 Å². The van der Waals surface area contributed by atoms with Crippen molar-refractivity contribution in [3.8, 4) is 0 Å². The fourth-order valence-corrected chi connectivity index (χ4v) is 3.22. The predicted octanol–water partition coefficient (Wildman–Crippen LogP) is 2.56. The minimum absolute atomic E-state index is 0.0220. The van der Waals surface area contributed by atoms with Crippen molar-refractivity contribution < 1.29 is 23.3 Å². The third-order valence-corrected chi connectivity index (χ3v) is 5.22. The normalized spacial score (nSPS) is 11.8. The molecule has 0 radical (unpaired) electrons. The van der Waals surface area contributed by atoms with Crippen LogP contribution in [0.3, 0.4) is 0 Å². The Kier molecular flexibility index (Phi) is 6.23. The second kappa shape index (κ2) is 8.82. The minimum atomic E-state index is -0.552. The van der Waals surface area contributed by atoms with Crippen LogP contribution in [-0.4, -0.2) is 33.9 Å². The molecule has 0 saturated heterocycles. The van der Waals surface area contributed by atoms with Crippen molar-refractivity contribution in [2.75, 3.05) is 11.1 Å². The van der Waals surface area contributed by atoms with Gasteiger partial charge in [0.15, 0.2) is 11.6 Å². The molecule has 2 heterocycles. The van der Waals surface area contributed by atoms with Crippen molar-refractivity contribution in [3.05, 3.63) is 47.4 Å². The number of hydrogen-bond acceptors (Lipinski definition) is 7. The average molecular weight is 416 g/mol. The quantitative estimate of drug-likeness (QED) is 0.527. The van der Waals surface area contributed by atoms with Crippen molar-refractivity contribution in [2.24, 2.45) is 0 Å². The summed E-state index contributed by atoms with van der Waals surface area (Å²) in [5.41, 5.74) is 5.94. The second-order valence-corrected chi connectivity index (χ2v) is 7.65. The molecule has 3 amide bonds. The van der Waals surface area contributed by atoms with Crippen molar-refractivity contribution >= 4 is 46.3 Å². The Labute approximate surface area is 170 Å². The molecular weight excluding hydrogens is 396 g/mol. The number of rotatable bonds is 6. The molecule has 1 atom stereocenters. The molecular formula is C19H20N4O5S. The number of carbonyl (C=O) groups excluding carboxylic acids is 3. The van der Waals surface area contributed by atoms with Crippen LogP contribution in [-0.2, 0) is 9.59 Å². The van der Waals surface area contributed by atoms with Crippen LogP contribution in [0.15, 0.2) is 39.3 Å². The summed E-state index contributed by atoms with van der Waals surface area (Å²) in [5, 5.41) is 6.61. The van der Waals surface area contributed by atoms with Crippen LogP contribution in [0.1, 0.15) is 28.8 Å². The molecule has 29 heavy (non-hydrogen) atoms. The molecule has 0 saturated carbocycles. The third kappa shape index (κ3) is 4.96. The van der Waals surface area contributed by atoms with Gasteiger partial charge in [-0.25, -0.2) is 0 Å². The maximum atomic E-state index is 12.3. The van der Waals surface area contributed by atoms with Crippen LogP contribution in [0.4, 0.5) is 5.82 Å². The molecule has 152 valence electrons. The number of thioether (sulfide) groups is 1. The largest absolute Gasteiger partial charge is 0.451 e. The molecule has 1 aromatic carbocycles. The monoisotopic (exact) mass is 416 g/mol. The summed E-state index contributed by atoms with van der Waals surface area (Å²) in [7, 11) is 0. The Morgan fingerprint density at radius 2 is 1.93 bits per heavy atom. The highest BCUT2D eigenvalue weighted by atomic mass is 32.2. The van der Waals surface area contributed by atoms with E-state index in [9.17, 15) is 14.4 Å². The summed E-state index contributed by atoms with van der Waals surface area (Å²) < 4.78 is 10.4. The van der Waals surface area contributed by atoms with Gasteiger partial charge in [-0.2, -0.15) is 0 Å². The molecule has 0 aliphatic carbocycles. The summed E-state index contributed by atoms with van der Waals surface area (Å²) in [6.07, 6.45) is 0. The molecule has 2 aromatic heterocycles. The number of hydrazine groups is 1. The van der Waals surface area contributed by atoms with E-state index in [1.165, 1.54) is 0 Å². The number of aryl methyl sites for hydroxylation is 2. The number of amides is 3. The van der Waals surface area contributed by atoms with Gasteiger partial charge >= 0.3 is 5.91 Å². The zero-order chi connectivity index (χ0) is 21.0. The molecule has 0 bridgehead atoms. The van der Waals surface area contributed by atoms with Crippen LogP contribution in [0.2, 0.25) is 0 Å². The predicted molar refractivity (Wildman–Crippen MR) is 108 cm³/mol. The number of benzene rings is 1.